The van der Waals surface area contributed by atoms with Crippen molar-refractivity contribution in [2.45, 2.75) is 12.8 Å². The monoisotopic (exact) mass is 366 g/mol. The van der Waals surface area contributed by atoms with Gasteiger partial charge in [0.2, 0.25) is 0 Å². The largest absolute Gasteiger partial charge is 0.351 e. The first kappa shape index (κ1) is 17.9. The molecule has 1 fully saturated rings. The molecule has 3 amide bonds. The van der Waals surface area contributed by atoms with Crippen molar-refractivity contribution in [1.29, 1.82) is 0 Å². The molecule has 0 radical (unpaired) electrons. The molecule has 6 heteroatoms. The lowest BCUT2D eigenvalue weighted by Crippen LogP contribution is -2.27. The SMILES string of the molecule is C[C@@H](CNC(=O)c1ccc(/C=C2\SC(=O)NC2=O)cc1)c1ccccc1. The fraction of sp³-hybridized carbons (Fsp3) is 0.150. The molecular weight excluding hydrogens is 348 g/mol. The Hall–Kier alpha value is -2.86. The summed E-state index contributed by atoms with van der Waals surface area (Å²) in [6.45, 7) is 2.62. The van der Waals surface area contributed by atoms with Gasteiger partial charge in [-0.2, -0.15) is 0 Å². The van der Waals surface area contributed by atoms with Crippen molar-refractivity contribution >= 4 is 34.9 Å². The van der Waals surface area contributed by atoms with E-state index in [1.807, 2.05) is 30.3 Å². The molecule has 2 aromatic rings. The molecule has 3 rings (SSSR count). The number of thioether (sulfide) groups is 1. The van der Waals surface area contributed by atoms with E-state index in [0.29, 0.717) is 17.0 Å². The maximum Gasteiger partial charge on any atom is 0.290 e. The average Bonchev–Trinajstić information content (AvgIpc) is 2.97. The van der Waals surface area contributed by atoms with E-state index < -0.39 is 5.91 Å². The molecule has 2 aromatic carbocycles. The molecule has 0 bridgehead atoms. The van der Waals surface area contributed by atoms with Gasteiger partial charge in [-0.15, -0.1) is 0 Å². The number of rotatable bonds is 5. The van der Waals surface area contributed by atoms with E-state index in [0.717, 1.165) is 17.3 Å². The first-order valence-electron chi connectivity index (χ1n) is 8.21. The molecule has 1 aliphatic rings. The quantitative estimate of drug-likeness (QED) is 0.794. The van der Waals surface area contributed by atoms with E-state index >= 15 is 0 Å². The Balaban J connectivity index is 1.60. The summed E-state index contributed by atoms with van der Waals surface area (Å²) in [5.41, 5.74) is 2.48. The fourth-order valence-electron chi connectivity index (χ4n) is 2.55. The van der Waals surface area contributed by atoms with E-state index in [9.17, 15) is 14.4 Å². The van der Waals surface area contributed by atoms with Gasteiger partial charge < -0.3 is 5.32 Å². The van der Waals surface area contributed by atoms with Gasteiger partial charge in [0.25, 0.3) is 17.1 Å². The number of benzene rings is 2. The smallest absolute Gasteiger partial charge is 0.290 e. The lowest BCUT2D eigenvalue weighted by molar-refractivity contribution is -0.115. The van der Waals surface area contributed by atoms with Crippen LogP contribution in [-0.4, -0.2) is 23.6 Å². The summed E-state index contributed by atoms with van der Waals surface area (Å²) in [5.74, 6) is -0.313. The van der Waals surface area contributed by atoms with Gasteiger partial charge in [0.15, 0.2) is 0 Å². The highest BCUT2D eigenvalue weighted by Gasteiger charge is 2.24. The first-order valence-corrected chi connectivity index (χ1v) is 9.02. The van der Waals surface area contributed by atoms with Gasteiger partial charge >= 0.3 is 0 Å². The average molecular weight is 366 g/mol. The summed E-state index contributed by atoms with van der Waals surface area (Å²) in [7, 11) is 0. The minimum atomic E-state index is -0.392. The van der Waals surface area contributed by atoms with Crippen molar-refractivity contribution < 1.29 is 14.4 Å². The maximum atomic E-state index is 12.3. The maximum absolute atomic E-state index is 12.3. The second-order valence-electron chi connectivity index (χ2n) is 6.00. The number of nitrogens with one attached hydrogen (secondary N) is 2. The molecule has 2 N–H and O–H groups in total. The van der Waals surface area contributed by atoms with Gasteiger partial charge in [0.05, 0.1) is 4.91 Å². The van der Waals surface area contributed by atoms with Crippen LogP contribution in [0.4, 0.5) is 4.79 Å². The summed E-state index contributed by atoms with van der Waals surface area (Å²) in [6, 6.07) is 16.9. The van der Waals surface area contributed by atoms with Crippen LogP contribution < -0.4 is 10.6 Å². The Morgan fingerprint density at radius 1 is 1.12 bits per heavy atom. The molecule has 132 valence electrons. The molecule has 1 aliphatic heterocycles. The molecule has 26 heavy (non-hydrogen) atoms. The Labute approximate surface area is 155 Å². The number of amides is 3. The molecule has 0 aromatic heterocycles. The van der Waals surface area contributed by atoms with Gasteiger partial charge in [-0.05, 0) is 47.0 Å². The predicted molar refractivity (Wildman–Crippen MR) is 103 cm³/mol. The molecule has 0 aliphatic carbocycles. The van der Waals surface area contributed by atoms with Gasteiger partial charge in [-0.1, -0.05) is 49.4 Å². The van der Waals surface area contributed by atoms with Crippen LogP contribution in [0.15, 0.2) is 59.5 Å². The summed E-state index contributed by atoms with van der Waals surface area (Å²) in [6.07, 6.45) is 1.63. The highest BCUT2D eigenvalue weighted by molar-refractivity contribution is 8.18. The normalized spacial score (nSPS) is 16.4. The number of imide groups is 1. The lowest BCUT2D eigenvalue weighted by Gasteiger charge is -2.13. The zero-order chi connectivity index (χ0) is 18.5. The van der Waals surface area contributed by atoms with Crippen molar-refractivity contribution in [2.24, 2.45) is 0 Å². The van der Waals surface area contributed by atoms with Gasteiger partial charge in [0.1, 0.15) is 0 Å². The second-order valence-corrected chi connectivity index (χ2v) is 7.01. The zero-order valence-corrected chi connectivity index (χ0v) is 15.0. The molecule has 0 spiro atoms. The first-order chi connectivity index (χ1) is 12.5. The van der Waals surface area contributed by atoms with Crippen LogP contribution in [0, 0.1) is 0 Å². The van der Waals surface area contributed by atoms with E-state index in [1.165, 1.54) is 5.56 Å². The van der Waals surface area contributed by atoms with Crippen molar-refractivity contribution in [3.05, 3.63) is 76.2 Å². The molecule has 5 nitrogen and oxygen atoms in total. The van der Waals surface area contributed by atoms with Crippen molar-refractivity contribution in [3.8, 4) is 0 Å². The molecule has 1 atom stereocenters. The van der Waals surface area contributed by atoms with Crippen molar-refractivity contribution in [3.63, 3.8) is 0 Å². The summed E-state index contributed by atoms with van der Waals surface area (Å²) in [5, 5.41) is 4.78. The number of hydrogen-bond donors (Lipinski definition) is 2. The van der Waals surface area contributed by atoms with E-state index in [4.69, 9.17) is 0 Å². The zero-order valence-electron chi connectivity index (χ0n) is 14.2. The summed E-state index contributed by atoms with van der Waals surface area (Å²) in [4.78, 5) is 35.4. The Kier molecular flexibility index (Phi) is 5.53. The molecule has 1 saturated heterocycles. The molecule has 1 heterocycles. The third kappa shape index (κ3) is 4.40. The third-order valence-electron chi connectivity index (χ3n) is 4.05. The van der Waals surface area contributed by atoms with Crippen LogP contribution >= 0.6 is 11.8 Å². The summed E-state index contributed by atoms with van der Waals surface area (Å²) >= 11 is 0.870. The van der Waals surface area contributed by atoms with Crippen LogP contribution in [0.3, 0.4) is 0 Å². The summed E-state index contributed by atoms with van der Waals surface area (Å²) < 4.78 is 0. The molecule has 0 saturated carbocycles. The standard InChI is InChI=1S/C20H18N2O3S/c1-13(15-5-3-2-4-6-15)12-21-18(23)16-9-7-14(8-10-16)11-17-19(24)22-20(25)26-17/h2-11,13H,12H2,1H3,(H,21,23)(H,22,24,25)/b17-11-/t13-/m0/s1. The highest BCUT2D eigenvalue weighted by Crippen LogP contribution is 2.25. The molecule has 0 unspecified atom stereocenters. The number of hydrogen-bond acceptors (Lipinski definition) is 4. The van der Waals surface area contributed by atoms with Gasteiger partial charge in [0, 0.05) is 12.1 Å². The lowest BCUT2D eigenvalue weighted by atomic mass is 10.0. The van der Waals surface area contributed by atoms with Gasteiger partial charge in [-0.25, -0.2) is 0 Å². The Morgan fingerprint density at radius 3 is 2.42 bits per heavy atom. The van der Waals surface area contributed by atoms with Gasteiger partial charge in [-0.3, -0.25) is 19.7 Å². The third-order valence-corrected chi connectivity index (χ3v) is 4.86. The van der Waals surface area contributed by atoms with Crippen molar-refractivity contribution in [2.75, 3.05) is 6.54 Å². The Bertz CT molecular complexity index is 860. The van der Waals surface area contributed by atoms with Crippen molar-refractivity contribution in [1.82, 2.24) is 10.6 Å². The number of carbonyl (C=O) groups excluding carboxylic acids is 3. The van der Waals surface area contributed by atoms with E-state index in [1.54, 1.807) is 30.3 Å². The fourth-order valence-corrected chi connectivity index (χ4v) is 3.23. The number of carbonyl (C=O) groups is 3. The van der Waals surface area contributed by atoms with Crippen LogP contribution in [0.2, 0.25) is 0 Å². The van der Waals surface area contributed by atoms with E-state index in [2.05, 4.69) is 17.6 Å². The van der Waals surface area contributed by atoms with Crippen LogP contribution in [0.1, 0.15) is 34.3 Å². The van der Waals surface area contributed by atoms with E-state index in [-0.39, 0.29) is 17.1 Å². The van der Waals surface area contributed by atoms with Crippen LogP contribution in [0.5, 0.6) is 0 Å². The topological polar surface area (TPSA) is 75.3 Å². The minimum absolute atomic E-state index is 0.143. The van der Waals surface area contributed by atoms with Crippen LogP contribution in [0.25, 0.3) is 6.08 Å². The minimum Gasteiger partial charge on any atom is -0.351 e. The second kappa shape index (κ2) is 8.01. The highest BCUT2D eigenvalue weighted by atomic mass is 32.2. The predicted octanol–water partition coefficient (Wildman–Crippen LogP) is 3.54. The Morgan fingerprint density at radius 2 is 1.81 bits per heavy atom. The molecular formula is C20H18N2O3S. The van der Waals surface area contributed by atoms with Crippen LogP contribution in [-0.2, 0) is 4.79 Å².